The summed E-state index contributed by atoms with van der Waals surface area (Å²) in [6, 6.07) is 9.65. The highest BCUT2D eigenvalue weighted by Gasteiger charge is 2.25. The zero-order valence-corrected chi connectivity index (χ0v) is 15.7. The fourth-order valence-electron chi connectivity index (χ4n) is 3.14. The molecule has 2 aromatic rings. The highest BCUT2D eigenvalue weighted by molar-refractivity contribution is 7.89. The highest BCUT2D eigenvalue weighted by atomic mass is 32.2. The van der Waals surface area contributed by atoms with Crippen molar-refractivity contribution in [1.82, 2.24) is 0 Å². The minimum absolute atomic E-state index is 0.270. The van der Waals surface area contributed by atoms with Gasteiger partial charge >= 0.3 is 0 Å². The topological polar surface area (TPSA) is 116 Å². The summed E-state index contributed by atoms with van der Waals surface area (Å²) in [6.45, 7) is 3.79. The maximum absolute atomic E-state index is 11.5. The molecule has 0 radical (unpaired) electrons. The Morgan fingerprint density at radius 3 is 2.67 bits per heavy atom. The van der Waals surface area contributed by atoms with E-state index >= 15 is 0 Å². The van der Waals surface area contributed by atoms with Crippen LogP contribution in [0.15, 0.2) is 41.3 Å². The minimum Gasteiger partial charge on any atom is -0.494 e. The molecule has 0 aliphatic carbocycles. The Bertz CT molecular complexity index is 975. The number of nitro groups is 1. The fourth-order valence-corrected chi connectivity index (χ4v) is 3.67. The van der Waals surface area contributed by atoms with E-state index in [1.165, 1.54) is 12.1 Å². The lowest BCUT2D eigenvalue weighted by Gasteiger charge is -2.30. The van der Waals surface area contributed by atoms with Gasteiger partial charge in [-0.15, -0.1) is 0 Å². The summed E-state index contributed by atoms with van der Waals surface area (Å²) < 4.78 is 28.6. The van der Waals surface area contributed by atoms with E-state index in [-0.39, 0.29) is 10.6 Å². The fraction of sp³-hybridized carbons (Fsp3) is 0.333. The van der Waals surface area contributed by atoms with Gasteiger partial charge in [-0.05, 0) is 48.2 Å². The van der Waals surface area contributed by atoms with E-state index < -0.39 is 14.9 Å². The van der Waals surface area contributed by atoms with Gasteiger partial charge in [0.1, 0.15) is 11.4 Å². The van der Waals surface area contributed by atoms with Crippen molar-refractivity contribution in [1.29, 1.82) is 0 Å². The van der Waals surface area contributed by atoms with Crippen molar-refractivity contribution in [3.63, 3.8) is 0 Å². The molecule has 0 amide bonds. The largest absolute Gasteiger partial charge is 0.494 e. The summed E-state index contributed by atoms with van der Waals surface area (Å²) >= 11 is 0. The predicted molar refractivity (Wildman–Crippen MR) is 101 cm³/mol. The molecular weight excluding hydrogens is 370 g/mol. The van der Waals surface area contributed by atoms with Crippen molar-refractivity contribution < 1.29 is 18.1 Å². The quantitative estimate of drug-likeness (QED) is 0.598. The second-order valence-electron chi connectivity index (χ2n) is 6.40. The number of primary sulfonamides is 1. The van der Waals surface area contributed by atoms with Crippen LogP contribution in [0.1, 0.15) is 24.5 Å². The van der Waals surface area contributed by atoms with E-state index in [0.29, 0.717) is 31.8 Å². The molecule has 0 aromatic heterocycles. The molecule has 27 heavy (non-hydrogen) atoms. The Balaban J connectivity index is 1.89. The smallest absolute Gasteiger partial charge is 0.293 e. The normalized spacial score (nSPS) is 13.9. The Labute approximate surface area is 157 Å². The molecule has 1 heterocycles. The number of nitrogens with two attached hydrogens (primary N) is 1. The maximum Gasteiger partial charge on any atom is 0.293 e. The molecule has 1 aliphatic rings. The van der Waals surface area contributed by atoms with E-state index in [9.17, 15) is 18.5 Å². The molecule has 0 saturated carbocycles. The van der Waals surface area contributed by atoms with Crippen molar-refractivity contribution in [3.05, 3.63) is 57.6 Å². The first-order valence-electron chi connectivity index (χ1n) is 8.60. The van der Waals surface area contributed by atoms with Crippen molar-refractivity contribution in [2.75, 3.05) is 18.1 Å². The van der Waals surface area contributed by atoms with Crippen LogP contribution in [0, 0.1) is 10.1 Å². The third kappa shape index (κ3) is 4.20. The van der Waals surface area contributed by atoms with Gasteiger partial charge in [0.2, 0.25) is 10.0 Å². The SMILES string of the molecule is CCCOc1ccc2c(c1)CCN(c1ccc(S(N)(=O)=O)cc1[N+](=O)[O-])C2. The van der Waals surface area contributed by atoms with E-state index in [1.807, 2.05) is 30.0 Å². The number of sulfonamides is 1. The standard InChI is InChI=1S/C18H21N3O5S/c1-2-9-26-15-4-3-14-12-20(8-7-13(14)10-15)17-6-5-16(27(19,24)25)11-18(17)21(22)23/h3-6,10-11H,2,7-9,12H2,1H3,(H2,19,24,25). The zero-order valence-electron chi connectivity index (χ0n) is 14.9. The number of ether oxygens (including phenoxy) is 1. The molecule has 9 heteroatoms. The predicted octanol–water partition coefficient (Wildman–Crippen LogP) is 2.59. The Kier molecular flexibility index (Phi) is 5.33. The summed E-state index contributed by atoms with van der Waals surface area (Å²) in [5.41, 5.74) is 2.33. The number of nitro benzene ring substituents is 1. The zero-order chi connectivity index (χ0) is 19.6. The number of nitrogens with zero attached hydrogens (tertiary/aromatic N) is 2. The van der Waals surface area contributed by atoms with E-state index in [2.05, 4.69) is 0 Å². The summed E-state index contributed by atoms with van der Waals surface area (Å²) in [4.78, 5) is 12.5. The second-order valence-corrected chi connectivity index (χ2v) is 7.96. The van der Waals surface area contributed by atoms with Gasteiger partial charge in [-0.1, -0.05) is 13.0 Å². The van der Waals surface area contributed by atoms with Gasteiger partial charge in [-0.25, -0.2) is 13.6 Å². The molecule has 0 spiro atoms. The summed E-state index contributed by atoms with van der Waals surface area (Å²) in [5.74, 6) is 0.826. The van der Waals surface area contributed by atoms with E-state index in [1.54, 1.807) is 0 Å². The third-order valence-electron chi connectivity index (χ3n) is 4.48. The lowest BCUT2D eigenvalue weighted by Crippen LogP contribution is -2.31. The Morgan fingerprint density at radius 2 is 2.00 bits per heavy atom. The van der Waals surface area contributed by atoms with E-state index in [0.717, 1.165) is 29.4 Å². The van der Waals surface area contributed by atoms with Gasteiger partial charge in [0.25, 0.3) is 5.69 Å². The van der Waals surface area contributed by atoms with Gasteiger partial charge in [0, 0.05) is 19.2 Å². The van der Waals surface area contributed by atoms with Gasteiger partial charge in [-0.3, -0.25) is 10.1 Å². The maximum atomic E-state index is 11.5. The number of hydrogen-bond donors (Lipinski definition) is 1. The molecule has 3 rings (SSSR count). The van der Waals surface area contributed by atoms with Gasteiger partial charge in [0.05, 0.1) is 16.4 Å². The number of hydrogen-bond acceptors (Lipinski definition) is 6. The van der Waals surface area contributed by atoms with Gasteiger partial charge in [-0.2, -0.15) is 0 Å². The van der Waals surface area contributed by atoms with Crippen LogP contribution in [-0.2, 0) is 23.0 Å². The molecule has 2 aromatic carbocycles. The van der Waals surface area contributed by atoms with Crippen LogP contribution in [0.25, 0.3) is 0 Å². The first-order chi connectivity index (χ1) is 12.8. The molecule has 2 N–H and O–H groups in total. The van der Waals surface area contributed by atoms with Crippen LogP contribution in [0.5, 0.6) is 5.75 Å². The number of fused-ring (bicyclic) bond motifs is 1. The van der Waals surface area contributed by atoms with Gasteiger partial charge in [0.15, 0.2) is 0 Å². The molecule has 0 saturated heterocycles. The molecule has 0 atom stereocenters. The average molecular weight is 391 g/mol. The lowest BCUT2D eigenvalue weighted by atomic mass is 9.98. The van der Waals surface area contributed by atoms with Crippen molar-refractivity contribution in [3.8, 4) is 5.75 Å². The number of benzene rings is 2. The van der Waals surface area contributed by atoms with Crippen molar-refractivity contribution >= 4 is 21.4 Å². The summed E-state index contributed by atoms with van der Waals surface area (Å²) in [6.07, 6.45) is 1.65. The van der Waals surface area contributed by atoms with Crippen LogP contribution in [0.2, 0.25) is 0 Å². The monoisotopic (exact) mass is 391 g/mol. The lowest BCUT2D eigenvalue weighted by molar-refractivity contribution is -0.384. The van der Waals surface area contributed by atoms with Crippen LogP contribution < -0.4 is 14.8 Å². The Morgan fingerprint density at radius 1 is 1.22 bits per heavy atom. The summed E-state index contributed by atoms with van der Waals surface area (Å²) in [5, 5.41) is 16.6. The summed E-state index contributed by atoms with van der Waals surface area (Å²) in [7, 11) is -4.00. The first-order valence-corrected chi connectivity index (χ1v) is 10.1. The first kappa shape index (κ1) is 19.1. The van der Waals surface area contributed by atoms with Crippen LogP contribution in [0.3, 0.4) is 0 Å². The second kappa shape index (κ2) is 7.53. The average Bonchev–Trinajstić information content (AvgIpc) is 2.64. The highest BCUT2D eigenvalue weighted by Crippen LogP contribution is 2.34. The minimum atomic E-state index is -4.00. The van der Waals surface area contributed by atoms with Crippen LogP contribution in [0.4, 0.5) is 11.4 Å². The molecule has 0 fully saturated rings. The third-order valence-corrected chi connectivity index (χ3v) is 5.39. The molecule has 8 nitrogen and oxygen atoms in total. The molecule has 144 valence electrons. The number of anilines is 1. The molecule has 1 aliphatic heterocycles. The van der Waals surface area contributed by atoms with Crippen LogP contribution >= 0.6 is 0 Å². The Hall–Kier alpha value is -2.65. The van der Waals surface area contributed by atoms with Crippen molar-refractivity contribution in [2.45, 2.75) is 31.2 Å². The molecular formula is C18H21N3O5S. The molecule has 0 unspecified atom stereocenters. The van der Waals surface area contributed by atoms with E-state index in [4.69, 9.17) is 9.88 Å². The molecule has 0 bridgehead atoms. The van der Waals surface area contributed by atoms with Gasteiger partial charge < -0.3 is 9.64 Å². The van der Waals surface area contributed by atoms with Crippen LogP contribution in [-0.4, -0.2) is 26.5 Å². The van der Waals surface area contributed by atoms with Crippen molar-refractivity contribution in [2.24, 2.45) is 5.14 Å². The number of rotatable bonds is 6.